The maximum atomic E-state index is 11.5. The maximum absolute atomic E-state index is 11.5. The van der Waals surface area contributed by atoms with Gasteiger partial charge < -0.3 is 19.7 Å². The van der Waals surface area contributed by atoms with Crippen molar-refractivity contribution in [1.82, 2.24) is 10.2 Å². The number of ether oxygens (including phenoxy) is 2. The Hall–Kier alpha value is -1.75. The molecule has 1 heterocycles. The third-order valence-electron chi connectivity index (χ3n) is 3.40. The highest BCUT2D eigenvalue weighted by Crippen LogP contribution is 2.32. The molecule has 1 N–H and O–H groups in total. The van der Waals surface area contributed by atoms with Gasteiger partial charge in [0.05, 0.1) is 6.54 Å². The molecule has 0 bridgehead atoms. The lowest BCUT2D eigenvalue weighted by Gasteiger charge is -2.16. The van der Waals surface area contributed by atoms with E-state index in [0.717, 1.165) is 24.3 Å². The average molecular weight is 278 g/mol. The lowest BCUT2D eigenvalue weighted by Crippen LogP contribution is -2.37. The minimum absolute atomic E-state index is 0.0972. The Kier molecular flexibility index (Phi) is 4.84. The van der Waals surface area contributed by atoms with Crippen molar-refractivity contribution in [3.8, 4) is 11.5 Å². The van der Waals surface area contributed by atoms with E-state index >= 15 is 0 Å². The third-order valence-corrected chi connectivity index (χ3v) is 3.40. The maximum Gasteiger partial charge on any atom is 0.236 e. The molecule has 5 heteroatoms. The molecule has 2 rings (SSSR count). The Morgan fingerprint density at radius 2 is 2.10 bits per heavy atom. The Bertz CT molecular complexity index is 474. The number of aryl methyl sites for hydroxylation is 1. The van der Waals surface area contributed by atoms with E-state index in [1.807, 2.05) is 12.1 Å². The zero-order valence-electron chi connectivity index (χ0n) is 12.3. The smallest absolute Gasteiger partial charge is 0.236 e. The van der Waals surface area contributed by atoms with Gasteiger partial charge in [-0.15, -0.1) is 0 Å². The first-order valence-corrected chi connectivity index (χ1v) is 6.88. The number of carbonyl (C=O) groups excluding carboxylic acids is 1. The summed E-state index contributed by atoms with van der Waals surface area (Å²) in [5.41, 5.74) is 1.22. The minimum Gasteiger partial charge on any atom is -0.454 e. The first-order valence-electron chi connectivity index (χ1n) is 6.88. The second-order valence-corrected chi connectivity index (χ2v) is 5.30. The van der Waals surface area contributed by atoms with Crippen LogP contribution in [0.3, 0.4) is 0 Å². The second-order valence-electron chi connectivity index (χ2n) is 5.30. The quantitative estimate of drug-likeness (QED) is 0.855. The van der Waals surface area contributed by atoms with Crippen LogP contribution in [0.15, 0.2) is 18.2 Å². The SMILES string of the molecule is CC(CCc1ccc2c(c1)OCO2)NCC(=O)N(C)C. The molecule has 5 nitrogen and oxygen atoms in total. The number of hydrogen-bond donors (Lipinski definition) is 1. The number of nitrogens with one attached hydrogen (secondary N) is 1. The molecule has 1 atom stereocenters. The van der Waals surface area contributed by atoms with Gasteiger partial charge in [-0.25, -0.2) is 0 Å². The fourth-order valence-electron chi connectivity index (χ4n) is 2.00. The summed E-state index contributed by atoms with van der Waals surface area (Å²) in [5, 5.41) is 3.24. The molecule has 1 unspecified atom stereocenters. The van der Waals surface area contributed by atoms with Crippen LogP contribution in [-0.4, -0.2) is 44.3 Å². The monoisotopic (exact) mass is 278 g/mol. The Labute approximate surface area is 119 Å². The van der Waals surface area contributed by atoms with E-state index < -0.39 is 0 Å². The normalized spacial score (nSPS) is 14.2. The van der Waals surface area contributed by atoms with E-state index in [-0.39, 0.29) is 5.91 Å². The Morgan fingerprint density at radius 3 is 2.85 bits per heavy atom. The number of rotatable bonds is 6. The lowest BCUT2D eigenvalue weighted by molar-refractivity contribution is -0.127. The van der Waals surface area contributed by atoms with Crippen molar-refractivity contribution in [3.63, 3.8) is 0 Å². The fourth-order valence-corrected chi connectivity index (χ4v) is 2.00. The Balaban J connectivity index is 1.76. The molecule has 0 aromatic heterocycles. The van der Waals surface area contributed by atoms with E-state index in [1.165, 1.54) is 5.56 Å². The molecule has 110 valence electrons. The van der Waals surface area contributed by atoms with Crippen molar-refractivity contribution in [2.75, 3.05) is 27.4 Å². The van der Waals surface area contributed by atoms with Crippen LogP contribution < -0.4 is 14.8 Å². The van der Waals surface area contributed by atoms with Crippen LogP contribution in [0.5, 0.6) is 11.5 Å². The summed E-state index contributed by atoms with van der Waals surface area (Å²) in [6.45, 7) is 2.79. The van der Waals surface area contributed by atoms with Gasteiger partial charge >= 0.3 is 0 Å². The number of hydrogen-bond acceptors (Lipinski definition) is 4. The summed E-state index contributed by atoms with van der Waals surface area (Å²) in [4.78, 5) is 13.1. The van der Waals surface area contributed by atoms with Gasteiger partial charge in [0, 0.05) is 20.1 Å². The summed E-state index contributed by atoms with van der Waals surface area (Å²) < 4.78 is 10.7. The highest BCUT2D eigenvalue weighted by atomic mass is 16.7. The van der Waals surface area contributed by atoms with Crippen molar-refractivity contribution in [3.05, 3.63) is 23.8 Å². The molecule has 1 aliphatic heterocycles. The number of nitrogens with zero attached hydrogens (tertiary/aromatic N) is 1. The largest absolute Gasteiger partial charge is 0.454 e. The highest BCUT2D eigenvalue weighted by molar-refractivity contribution is 5.77. The van der Waals surface area contributed by atoms with Crippen LogP contribution in [0.1, 0.15) is 18.9 Å². The topological polar surface area (TPSA) is 50.8 Å². The lowest BCUT2D eigenvalue weighted by atomic mass is 10.1. The minimum atomic E-state index is 0.0972. The molecule has 0 radical (unpaired) electrons. The molecule has 1 aliphatic rings. The van der Waals surface area contributed by atoms with E-state index in [0.29, 0.717) is 19.4 Å². The predicted molar refractivity (Wildman–Crippen MR) is 77.0 cm³/mol. The molecule has 1 aromatic rings. The van der Waals surface area contributed by atoms with Gasteiger partial charge in [0.15, 0.2) is 11.5 Å². The standard InChI is InChI=1S/C15H22N2O3/c1-11(16-9-15(18)17(2)3)4-5-12-6-7-13-14(8-12)20-10-19-13/h6-8,11,16H,4-5,9-10H2,1-3H3. The van der Waals surface area contributed by atoms with Crippen molar-refractivity contribution >= 4 is 5.91 Å². The van der Waals surface area contributed by atoms with Gasteiger partial charge in [-0.1, -0.05) is 6.07 Å². The molecule has 0 saturated heterocycles. The van der Waals surface area contributed by atoms with Crippen molar-refractivity contribution in [2.45, 2.75) is 25.8 Å². The number of benzene rings is 1. The summed E-state index contributed by atoms with van der Waals surface area (Å²) in [5.74, 6) is 1.74. The van der Waals surface area contributed by atoms with Gasteiger partial charge in [0.25, 0.3) is 0 Å². The van der Waals surface area contributed by atoms with E-state index in [2.05, 4.69) is 18.3 Å². The zero-order valence-corrected chi connectivity index (χ0v) is 12.3. The molecule has 0 fully saturated rings. The molecule has 0 aliphatic carbocycles. The fraction of sp³-hybridized carbons (Fsp3) is 0.533. The van der Waals surface area contributed by atoms with E-state index in [1.54, 1.807) is 19.0 Å². The van der Waals surface area contributed by atoms with Gasteiger partial charge in [0.1, 0.15) is 0 Å². The number of likely N-dealkylation sites (N-methyl/N-ethyl adjacent to an activating group) is 1. The van der Waals surface area contributed by atoms with Crippen molar-refractivity contribution < 1.29 is 14.3 Å². The van der Waals surface area contributed by atoms with Gasteiger partial charge in [0.2, 0.25) is 12.7 Å². The number of amides is 1. The van der Waals surface area contributed by atoms with Crippen molar-refractivity contribution in [1.29, 1.82) is 0 Å². The Morgan fingerprint density at radius 1 is 1.35 bits per heavy atom. The third kappa shape index (κ3) is 3.87. The molecule has 1 amide bonds. The zero-order chi connectivity index (χ0) is 14.5. The summed E-state index contributed by atoms with van der Waals surface area (Å²) in [6.07, 6.45) is 1.92. The van der Waals surface area contributed by atoms with Crippen LogP contribution in [-0.2, 0) is 11.2 Å². The molecule has 1 aromatic carbocycles. The van der Waals surface area contributed by atoms with Crippen LogP contribution in [0.25, 0.3) is 0 Å². The first-order chi connectivity index (χ1) is 9.56. The summed E-state index contributed by atoms with van der Waals surface area (Å²) >= 11 is 0. The molecule has 20 heavy (non-hydrogen) atoms. The molecular formula is C15H22N2O3. The molecule has 0 spiro atoms. The number of fused-ring (bicyclic) bond motifs is 1. The average Bonchev–Trinajstić information content (AvgIpc) is 2.89. The van der Waals surface area contributed by atoms with E-state index in [9.17, 15) is 4.79 Å². The van der Waals surface area contributed by atoms with Crippen molar-refractivity contribution in [2.24, 2.45) is 0 Å². The summed E-state index contributed by atoms with van der Waals surface area (Å²) in [7, 11) is 3.53. The van der Waals surface area contributed by atoms with Gasteiger partial charge in [-0.2, -0.15) is 0 Å². The number of carbonyl (C=O) groups is 1. The highest BCUT2D eigenvalue weighted by Gasteiger charge is 2.13. The van der Waals surface area contributed by atoms with Gasteiger partial charge in [-0.05, 0) is 37.5 Å². The predicted octanol–water partition coefficient (Wildman–Crippen LogP) is 1.41. The van der Waals surface area contributed by atoms with Gasteiger partial charge in [-0.3, -0.25) is 4.79 Å². The first kappa shape index (κ1) is 14.7. The van der Waals surface area contributed by atoms with E-state index in [4.69, 9.17) is 9.47 Å². The van der Waals surface area contributed by atoms with Crippen LogP contribution in [0, 0.1) is 0 Å². The van der Waals surface area contributed by atoms with Crippen LogP contribution in [0.2, 0.25) is 0 Å². The van der Waals surface area contributed by atoms with Crippen LogP contribution in [0.4, 0.5) is 0 Å². The second kappa shape index (κ2) is 6.61. The summed E-state index contributed by atoms with van der Waals surface area (Å²) in [6, 6.07) is 6.33. The van der Waals surface area contributed by atoms with Crippen LogP contribution >= 0.6 is 0 Å². The molecular weight excluding hydrogens is 256 g/mol. The molecule has 0 saturated carbocycles.